The van der Waals surface area contributed by atoms with Crippen molar-refractivity contribution in [3.8, 4) is 0 Å². The normalized spacial score (nSPS) is 10.6. The highest BCUT2D eigenvalue weighted by Gasteiger charge is 1.95. The third-order valence-corrected chi connectivity index (χ3v) is 3.34. The lowest BCUT2D eigenvalue weighted by Crippen LogP contribution is -2.11. The first kappa shape index (κ1) is 11.3. The molecule has 0 radical (unpaired) electrons. The van der Waals surface area contributed by atoms with Crippen molar-refractivity contribution in [3.05, 3.63) is 57.8 Å². The van der Waals surface area contributed by atoms with Gasteiger partial charge in [-0.05, 0) is 22.6 Å². The molecule has 2 rings (SSSR count). The van der Waals surface area contributed by atoms with Crippen LogP contribution in [0.25, 0.3) is 0 Å². The topological polar surface area (TPSA) is 38.0 Å². The van der Waals surface area contributed by atoms with Gasteiger partial charge in [-0.3, -0.25) is 0 Å². The Morgan fingerprint density at radius 2 is 1.75 bits per heavy atom. The standard InChI is InChI=1S/C13H16N2S/c14-8-11-3-5-12(6-4-11)9-15-10-13-2-1-7-16-13/h1-7,15H,8-10,14H2. The summed E-state index contributed by atoms with van der Waals surface area (Å²) in [5, 5.41) is 5.52. The monoisotopic (exact) mass is 232 g/mol. The first-order chi connectivity index (χ1) is 7.88. The molecule has 1 aromatic heterocycles. The van der Waals surface area contributed by atoms with Crippen LogP contribution in [-0.2, 0) is 19.6 Å². The van der Waals surface area contributed by atoms with Crippen LogP contribution in [0.4, 0.5) is 0 Å². The molecule has 3 N–H and O–H groups in total. The fraction of sp³-hybridized carbons (Fsp3) is 0.231. The van der Waals surface area contributed by atoms with Gasteiger partial charge in [0.15, 0.2) is 0 Å². The van der Waals surface area contributed by atoms with Crippen molar-refractivity contribution in [3.63, 3.8) is 0 Å². The average molecular weight is 232 g/mol. The van der Waals surface area contributed by atoms with Gasteiger partial charge in [-0.2, -0.15) is 0 Å². The Labute approximate surface area is 100 Å². The van der Waals surface area contributed by atoms with Crippen LogP contribution in [0.15, 0.2) is 41.8 Å². The summed E-state index contributed by atoms with van der Waals surface area (Å²) in [6.07, 6.45) is 0. The molecule has 84 valence electrons. The molecule has 2 nitrogen and oxygen atoms in total. The molecule has 0 aliphatic rings. The van der Waals surface area contributed by atoms with Gasteiger partial charge in [0.2, 0.25) is 0 Å². The van der Waals surface area contributed by atoms with Crippen molar-refractivity contribution < 1.29 is 0 Å². The molecule has 0 saturated heterocycles. The van der Waals surface area contributed by atoms with E-state index in [1.807, 2.05) is 0 Å². The van der Waals surface area contributed by atoms with E-state index in [2.05, 4.69) is 47.1 Å². The maximum absolute atomic E-state index is 5.55. The molecule has 3 heteroatoms. The summed E-state index contributed by atoms with van der Waals surface area (Å²) in [4.78, 5) is 1.37. The predicted octanol–water partition coefficient (Wildman–Crippen LogP) is 2.50. The zero-order chi connectivity index (χ0) is 11.2. The number of nitrogens with one attached hydrogen (secondary N) is 1. The summed E-state index contributed by atoms with van der Waals surface area (Å²) >= 11 is 1.79. The number of rotatable bonds is 5. The largest absolute Gasteiger partial charge is 0.326 e. The summed E-state index contributed by atoms with van der Waals surface area (Å²) < 4.78 is 0. The average Bonchev–Trinajstić information content (AvgIpc) is 2.83. The molecule has 1 aromatic carbocycles. The van der Waals surface area contributed by atoms with Gasteiger partial charge in [-0.25, -0.2) is 0 Å². The molecule has 1 heterocycles. The Balaban J connectivity index is 1.81. The van der Waals surface area contributed by atoms with Crippen LogP contribution in [0.5, 0.6) is 0 Å². The molecule has 0 aliphatic carbocycles. The summed E-state index contributed by atoms with van der Waals surface area (Å²) in [6.45, 7) is 2.46. The van der Waals surface area contributed by atoms with Crippen LogP contribution in [-0.4, -0.2) is 0 Å². The van der Waals surface area contributed by atoms with E-state index in [4.69, 9.17) is 5.73 Å². The lowest BCUT2D eigenvalue weighted by molar-refractivity contribution is 0.700. The Kier molecular flexibility index (Phi) is 4.10. The van der Waals surface area contributed by atoms with E-state index in [-0.39, 0.29) is 0 Å². The van der Waals surface area contributed by atoms with E-state index in [9.17, 15) is 0 Å². The molecule has 0 unspecified atom stereocenters. The quantitative estimate of drug-likeness (QED) is 0.831. The molecule has 0 amide bonds. The highest BCUT2D eigenvalue weighted by Crippen LogP contribution is 2.08. The van der Waals surface area contributed by atoms with E-state index < -0.39 is 0 Å². The number of hydrogen-bond acceptors (Lipinski definition) is 3. The second-order valence-electron chi connectivity index (χ2n) is 3.70. The molecule has 0 aliphatic heterocycles. The molecule has 0 spiro atoms. The van der Waals surface area contributed by atoms with Crippen LogP contribution >= 0.6 is 11.3 Å². The van der Waals surface area contributed by atoms with E-state index in [0.717, 1.165) is 13.1 Å². The van der Waals surface area contributed by atoms with Crippen molar-refractivity contribution in [1.82, 2.24) is 5.32 Å². The van der Waals surface area contributed by atoms with Crippen molar-refractivity contribution in [2.45, 2.75) is 19.6 Å². The lowest BCUT2D eigenvalue weighted by atomic mass is 10.1. The first-order valence-electron chi connectivity index (χ1n) is 5.39. The zero-order valence-corrected chi connectivity index (χ0v) is 9.96. The van der Waals surface area contributed by atoms with E-state index >= 15 is 0 Å². The molecule has 2 aromatic rings. The maximum Gasteiger partial charge on any atom is 0.0302 e. The Hall–Kier alpha value is -1.16. The maximum atomic E-state index is 5.55. The van der Waals surface area contributed by atoms with Crippen molar-refractivity contribution in [1.29, 1.82) is 0 Å². The number of benzene rings is 1. The van der Waals surface area contributed by atoms with Crippen LogP contribution in [0.2, 0.25) is 0 Å². The minimum atomic E-state index is 0.614. The van der Waals surface area contributed by atoms with Crippen molar-refractivity contribution in [2.24, 2.45) is 5.73 Å². The molecule has 0 saturated carbocycles. The van der Waals surface area contributed by atoms with Gasteiger partial charge in [0.05, 0.1) is 0 Å². The summed E-state index contributed by atoms with van der Waals surface area (Å²) in [6, 6.07) is 12.7. The lowest BCUT2D eigenvalue weighted by Gasteiger charge is -2.04. The van der Waals surface area contributed by atoms with Crippen LogP contribution in [0, 0.1) is 0 Å². The van der Waals surface area contributed by atoms with Crippen molar-refractivity contribution in [2.75, 3.05) is 0 Å². The predicted molar refractivity (Wildman–Crippen MR) is 69.2 cm³/mol. The third kappa shape index (κ3) is 3.17. The molecule has 0 atom stereocenters. The second kappa shape index (κ2) is 5.80. The van der Waals surface area contributed by atoms with Crippen LogP contribution in [0.1, 0.15) is 16.0 Å². The van der Waals surface area contributed by atoms with Crippen molar-refractivity contribution >= 4 is 11.3 Å². The minimum Gasteiger partial charge on any atom is -0.326 e. The van der Waals surface area contributed by atoms with Crippen LogP contribution < -0.4 is 11.1 Å². The van der Waals surface area contributed by atoms with Gasteiger partial charge in [-0.1, -0.05) is 30.3 Å². The second-order valence-corrected chi connectivity index (χ2v) is 4.74. The molecular formula is C13H16N2S. The van der Waals surface area contributed by atoms with Gasteiger partial charge in [0.25, 0.3) is 0 Å². The van der Waals surface area contributed by atoms with Gasteiger partial charge in [0.1, 0.15) is 0 Å². The van der Waals surface area contributed by atoms with Crippen LogP contribution in [0.3, 0.4) is 0 Å². The molecule has 16 heavy (non-hydrogen) atoms. The van der Waals surface area contributed by atoms with Gasteiger partial charge in [0, 0.05) is 24.5 Å². The fourth-order valence-electron chi connectivity index (χ4n) is 1.54. The summed E-state index contributed by atoms with van der Waals surface area (Å²) in [5.74, 6) is 0. The van der Waals surface area contributed by atoms with Gasteiger partial charge < -0.3 is 11.1 Å². The molecular weight excluding hydrogens is 216 g/mol. The first-order valence-corrected chi connectivity index (χ1v) is 6.27. The number of thiophene rings is 1. The molecule has 0 fully saturated rings. The highest BCUT2D eigenvalue weighted by molar-refractivity contribution is 7.09. The minimum absolute atomic E-state index is 0.614. The zero-order valence-electron chi connectivity index (χ0n) is 9.15. The highest BCUT2D eigenvalue weighted by atomic mass is 32.1. The Bertz CT molecular complexity index is 406. The number of hydrogen-bond donors (Lipinski definition) is 2. The smallest absolute Gasteiger partial charge is 0.0302 e. The van der Waals surface area contributed by atoms with E-state index in [1.54, 1.807) is 11.3 Å². The fourth-order valence-corrected chi connectivity index (χ4v) is 2.21. The van der Waals surface area contributed by atoms with Gasteiger partial charge >= 0.3 is 0 Å². The summed E-state index contributed by atoms with van der Waals surface area (Å²) in [7, 11) is 0. The van der Waals surface area contributed by atoms with E-state index in [1.165, 1.54) is 16.0 Å². The molecule has 0 bridgehead atoms. The Morgan fingerprint density at radius 3 is 2.38 bits per heavy atom. The Morgan fingerprint density at radius 1 is 1.00 bits per heavy atom. The SMILES string of the molecule is NCc1ccc(CNCc2cccs2)cc1. The van der Waals surface area contributed by atoms with Gasteiger partial charge in [-0.15, -0.1) is 11.3 Å². The summed E-state index contributed by atoms with van der Waals surface area (Å²) in [5.41, 5.74) is 8.03. The van der Waals surface area contributed by atoms with E-state index in [0.29, 0.717) is 6.54 Å². The third-order valence-electron chi connectivity index (χ3n) is 2.47. The number of nitrogens with two attached hydrogens (primary N) is 1.